The van der Waals surface area contributed by atoms with E-state index < -0.39 is 0 Å². The van der Waals surface area contributed by atoms with Crippen molar-refractivity contribution >= 4 is 17.4 Å². The average molecular weight is 414 g/mol. The number of hydrogen-bond acceptors (Lipinski definition) is 3. The fourth-order valence-electron chi connectivity index (χ4n) is 3.37. The number of ketones is 1. The van der Waals surface area contributed by atoms with Crippen LogP contribution in [-0.4, -0.2) is 17.5 Å². The number of aromatic nitrogens is 1. The molecule has 0 aliphatic rings. The SMILES string of the molecule is COc1cn(C(C)Cc2ccccc2F)c(=O)cc1-c1cc(Cl)ccc1C(C)=O. The number of methoxy groups -OCH3 is 1. The quantitative estimate of drug-likeness (QED) is 0.513. The van der Waals surface area contributed by atoms with E-state index in [4.69, 9.17) is 16.3 Å². The van der Waals surface area contributed by atoms with Crippen LogP contribution in [0.5, 0.6) is 5.75 Å². The van der Waals surface area contributed by atoms with Gasteiger partial charge in [0.25, 0.3) is 5.56 Å². The molecule has 3 rings (SSSR count). The summed E-state index contributed by atoms with van der Waals surface area (Å²) in [4.78, 5) is 24.9. The van der Waals surface area contributed by atoms with Gasteiger partial charge in [0.05, 0.1) is 13.3 Å². The molecule has 2 aromatic carbocycles. The third-order valence-electron chi connectivity index (χ3n) is 4.86. The molecule has 150 valence electrons. The molecule has 3 aromatic rings. The number of carbonyl (C=O) groups excluding carboxylic acids is 1. The Morgan fingerprint density at radius 1 is 1.17 bits per heavy atom. The molecule has 1 unspecified atom stereocenters. The number of hydrogen-bond donors (Lipinski definition) is 0. The molecular formula is C23H21ClFNO3. The molecule has 1 aromatic heterocycles. The maximum absolute atomic E-state index is 14.0. The van der Waals surface area contributed by atoms with Crippen molar-refractivity contribution in [3.05, 3.63) is 87.0 Å². The molecule has 0 spiro atoms. The van der Waals surface area contributed by atoms with Gasteiger partial charge in [-0.15, -0.1) is 0 Å². The molecule has 0 amide bonds. The Morgan fingerprint density at radius 2 is 1.90 bits per heavy atom. The Hall–Kier alpha value is -2.92. The van der Waals surface area contributed by atoms with Gasteiger partial charge in [-0.25, -0.2) is 4.39 Å². The second-order valence-corrected chi connectivity index (χ2v) is 7.33. The minimum absolute atomic E-state index is 0.143. The van der Waals surface area contributed by atoms with E-state index in [-0.39, 0.29) is 23.2 Å². The predicted octanol–water partition coefficient (Wildman–Crippen LogP) is 5.32. The lowest BCUT2D eigenvalue weighted by Gasteiger charge is -2.19. The number of rotatable bonds is 6. The van der Waals surface area contributed by atoms with Crippen molar-refractivity contribution in [1.82, 2.24) is 4.57 Å². The zero-order chi connectivity index (χ0) is 21.1. The first-order valence-electron chi connectivity index (χ1n) is 9.16. The molecule has 0 N–H and O–H groups in total. The standard InChI is InChI=1S/C23H21ClFNO3/c1-14(10-16-6-4-5-7-21(16)25)26-13-22(29-3)20(12-23(26)28)19-11-17(24)8-9-18(19)15(2)27/h4-9,11-14H,10H2,1-3H3. The summed E-state index contributed by atoms with van der Waals surface area (Å²) in [5.74, 6) is -0.0217. The van der Waals surface area contributed by atoms with Crippen LogP contribution in [0.25, 0.3) is 11.1 Å². The molecule has 0 saturated heterocycles. The van der Waals surface area contributed by atoms with Gasteiger partial charge in [-0.1, -0.05) is 29.8 Å². The third kappa shape index (κ3) is 4.40. The summed E-state index contributed by atoms with van der Waals surface area (Å²) in [5, 5.41) is 0.448. The van der Waals surface area contributed by atoms with E-state index in [0.717, 1.165) is 0 Å². The molecule has 4 nitrogen and oxygen atoms in total. The zero-order valence-corrected chi connectivity index (χ0v) is 17.2. The largest absolute Gasteiger partial charge is 0.495 e. The van der Waals surface area contributed by atoms with Crippen molar-refractivity contribution in [1.29, 1.82) is 0 Å². The van der Waals surface area contributed by atoms with Gasteiger partial charge in [0.15, 0.2) is 5.78 Å². The summed E-state index contributed by atoms with van der Waals surface area (Å²) in [5.41, 5.74) is 1.72. The van der Waals surface area contributed by atoms with E-state index in [1.807, 2.05) is 6.92 Å². The number of nitrogens with zero attached hydrogens (tertiary/aromatic N) is 1. The molecule has 1 atom stereocenters. The van der Waals surface area contributed by atoms with Crippen LogP contribution >= 0.6 is 11.6 Å². The lowest BCUT2D eigenvalue weighted by molar-refractivity contribution is 0.101. The summed E-state index contributed by atoms with van der Waals surface area (Å²) >= 11 is 6.12. The van der Waals surface area contributed by atoms with E-state index in [9.17, 15) is 14.0 Å². The fraction of sp³-hybridized carbons (Fsp3) is 0.217. The molecule has 6 heteroatoms. The van der Waals surface area contributed by atoms with E-state index in [1.165, 1.54) is 30.7 Å². The summed E-state index contributed by atoms with van der Waals surface area (Å²) in [7, 11) is 1.49. The summed E-state index contributed by atoms with van der Waals surface area (Å²) in [6, 6.07) is 12.5. The summed E-state index contributed by atoms with van der Waals surface area (Å²) in [6.45, 7) is 3.30. The topological polar surface area (TPSA) is 48.3 Å². The lowest BCUT2D eigenvalue weighted by Crippen LogP contribution is -2.24. The van der Waals surface area contributed by atoms with Crippen molar-refractivity contribution in [2.75, 3.05) is 7.11 Å². The van der Waals surface area contributed by atoms with Gasteiger partial charge >= 0.3 is 0 Å². The van der Waals surface area contributed by atoms with Crippen LogP contribution in [0.15, 0.2) is 59.5 Å². The van der Waals surface area contributed by atoms with Crippen LogP contribution in [0.2, 0.25) is 5.02 Å². The van der Waals surface area contributed by atoms with Gasteiger partial charge < -0.3 is 9.30 Å². The zero-order valence-electron chi connectivity index (χ0n) is 16.4. The highest BCUT2D eigenvalue weighted by molar-refractivity contribution is 6.31. The number of halogens is 2. The van der Waals surface area contributed by atoms with E-state index in [0.29, 0.717) is 39.4 Å². The van der Waals surface area contributed by atoms with Crippen LogP contribution in [0.1, 0.15) is 35.8 Å². The number of carbonyl (C=O) groups is 1. The second-order valence-electron chi connectivity index (χ2n) is 6.89. The Labute approximate surface area is 173 Å². The minimum Gasteiger partial charge on any atom is -0.495 e. The number of ether oxygens (including phenoxy) is 1. The Morgan fingerprint density at radius 3 is 2.55 bits per heavy atom. The lowest BCUT2D eigenvalue weighted by atomic mass is 9.97. The smallest absolute Gasteiger partial charge is 0.251 e. The molecule has 0 saturated carbocycles. The Bertz CT molecular complexity index is 1120. The molecule has 0 bridgehead atoms. The van der Waals surface area contributed by atoms with Crippen LogP contribution in [0.4, 0.5) is 4.39 Å². The Kier molecular flexibility index (Phi) is 6.18. The van der Waals surface area contributed by atoms with E-state index in [1.54, 1.807) is 42.6 Å². The van der Waals surface area contributed by atoms with Gasteiger partial charge in [0.1, 0.15) is 11.6 Å². The maximum Gasteiger partial charge on any atom is 0.251 e. The number of pyridine rings is 1. The molecule has 0 fully saturated rings. The van der Waals surface area contributed by atoms with Gasteiger partial charge in [-0.2, -0.15) is 0 Å². The third-order valence-corrected chi connectivity index (χ3v) is 5.10. The molecule has 0 aliphatic heterocycles. The van der Waals surface area contributed by atoms with Crippen molar-refractivity contribution in [2.24, 2.45) is 0 Å². The second kappa shape index (κ2) is 8.62. The highest BCUT2D eigenvalue weighted by Gasteiger charge is 2.18. The van der Waals surface area contributed by atoms with Crippen LogP contribution in [0, 0.1) is 5.82 Å². The highest BCUT2D eigenvalue weighted by atomic mass is 35.5. The normalized spacial score (nSPS) is 11.9. The van der Waals surface area contributed by atoms with Crippen molar-refractivity contribution in [3.8, 4) is 16.9 Å². The van der Waals surface area contributed by atoms with Crippen molar-refractivity contribution < 1.29 is 13.9 Å². The van der Waals surface area contributed by atoms with E-state index in [2.05, 4.69) is 0 Å². The highest BCUT2D eigenvalue weighted by Crippen LogP contribution is 2.34. The van der Waals surface area contributed by atoms with E-state index >= 15 is 0 Å². The molecule has 0 aliphatic carbocycles. The summed E-state index contributed by atoms with van der Waals surface area (Å²) < 4.78 is 21.0. The number of benzene rings is 2. The molecule has 1 heterocycles. The van der Waals surface area contributed by atoms with Gasteiger partial charge in [-0.05, 0) is 55.7 Å². The van der Waals surface area contributed by atoms with Gasteiger partial charge in [0.2, 0.25) is 0 Å². The first kappa shape index (κ1) is 20.8. The Balaban J connectivity index is 2.08. The first-order chi connectivity index (χ1) is 13.8. The monoisotopic (exact) mass is 413 g/mol. The summed E-state index contributed by atoms with van der Waals surface area (Å²) in [6.07, 6.45) is 1.94. The van der Waals surface area contributed by atoms with Crippen molar-refractivity contribution in [2.45, 2.75) is 26.3 Å². The molecular weight excluding hydrogens is 393 g/mol. The molecule has 0 radical (unpaired) electrons. The van der Waals surface area contributed by atoms with Crippen molar-refractivity contribution in [3.63, 3.8) is 0 Å². The van der Waals surface area contributed by atoms with Crippen LogP contribution in [0.3, 0.4) is 0 Å². The minimum atomic E-state index is -0.305. The number of Topliss-reactive ketones (excluding diaryl/α,β-unsaturated/α-hetero) is 1. The maximum atomic E-state index is 14.0. The van der Waals surface area contributed by atoms with Gasteiger partial charge in [-0.3, -0.25) is 9.59 Å². The molecule has 29 heavy (non-hydrogen) atoms. The predicted molar refractivity (Wildman–Crippen MR) is 113 cm³/mol. The van der Waals surface area contributed by atoms with Crippen LogP contribution in [-0.2, 0) is 6.42 Å². The van der Waals surface area contributed by atoms with Gasteiger partial charge in [0, 0.05) is 28.3 Å². The van der Waals surface area contributed by atoms with Crippen LogP contribution < -0.4 is 10.3 Å². The fourth-order valence-corrected chi connectivity index (χ4v) is 3.55. The average Bonchev–Trinajstić information content (AvgIpc) is 2.69. The first-order valence-corrected chi connectivity index (χ1v) is 9.54.